The highest BCUT2D eigenvalue weighted by Crippen LogP contribution is 2.25. The Morgan fingerprint density at radius 2 is 1.76 bits per heavy atom. The molecule has 1 unspecified atom stereocenters. The van der Waals surface area contributed by atoms with Crippen LogP contribution in [0.1, 0.15) is 22.8 Å². The molecule has 9 nitrogen and oxygen atoms in total. The second-order valence-electron chi connectivity index (χ2n) is 8.33. The van der Waals surface area contributed by atoms with E-state index in [1.165, 1.54) is 7.11 Å². The summed E-state index contributed by atoms with van der Waals surface area (Å²) in [7, 11) is 2.90. The number of carbonyl (C=O) groups excluding carboxylic acids is 3. The van der Waals surface area contributed by atoms with Crippen molar-refractivity contribution in [2.45, 2.75) is 19.9 Å². The number of hydrogen-bond donors (Lipinski definition) is 2. The van der Waals surface area contributed by atoms with Crippen LogP contribution < -0.4 is 20.3 Å². The van der Waals surface area contributed by atoms with Gasteiger partial charge in [-0.2, -0.15) is 0 Å². The number of carbonyl (C=O) groups is 3. The van der Waals surface area contributed by atoms with Gasteiger partial charge in [0, 0.05) is 31.4 Å². The Bertz CT molecular complexity index is 1020. The molecule has 1 saturated heterocycles. The van der Waals surface area contributed by atoms with E-state index in [-0.39, 0.29) is 36.9 Å². The number of esters is 1. The van der Waals surface area contributed by atoms with Gasteiger partial charge < -0.3 is 25.0 Å². The lowest BCUT2D eigenvalue weighted by atomic mass is 10.1. The normalized spacial score (nSPS) is 16.0. The van der Waals surface area contributed by atoms with Gasteiger partial charge in [-0.25, -0.2) is 4.79 Å². The first-order valence-corrected chi connectivity index (χ1v) is 11.2. The van der Waals surface area contributed by atoms with Crippen molar-refractivity contribution in [3.05, 3.63) is 53.6 Å². The van der Waals surface area contributed by atoms with Crippen LogP contribution in [-0.4, -0.2) is 75.7 Å². The van der Waals surface area contributed by atoms with E-state index in [1.54, 1.807) is 25.3 Å². The van der Waals surface area contributed by atoms with E-state index in [0.29, 0.717) is 23.5 Å². The van der Waals surface area contributed by atoms with Crippen LogP contribution in [0, 0.1) is 6.92 Å². The lowest BCUT2D eigenvalue weighted by Gasteiger charge is -2.40. The third-order valence-electron chi connectivity index (χ3n) is 5.84. The molecular weight excluding hydrogens is 436 g/mol. The molecule has 2 aromatic rings. The van der Waals surface area contributed by atoms with E-state index in [0.717, 1.165) is 24.3 Å². The number of aryl methyl sites for hydroxylation is 1. The Kier molecular flexibility index (Phi) is 8.48. The number of amides is 2. The standard InChI is InChI=1S/C25H32N4O5/c1-17-5-10-22(33-3)21(13-17)27-23(30)14-26-24(31)16-28-11-12-29(15-18(28)2)20-8-6-19(7-9-20)25(32)34-4/h5-10,13,18H,11-12,14-16H2,1-4H3,(H,26,31)(H,27,30). The summed E-state index contributed by atoms with van der Waals surface area (Å²) >= 11 is 0. The highest BCUT2D eigenvalue weighted by Gasteiger charge is 2.25. The molecule has 182 valence electrons. The Labute approximate surface area is 200 Å². The molecule has 0 spiro atoms. The fraction of sp³-hybridized carbons (Fsp3) is 0.400. The molecule has 0 bridgehead atoms. The van der Waals surface area contributed by atoms with Crippen LogP contribution in [0.25, 0.3) is 0 Å². The Balaban J connectivity index is 1.46. The summed E-state index contributed by atoms with van der Waals surface area (Å²) in [5, 5.41) is 5.48. The summed E-state index contributed by atoms with van der Waals surface area (Å²) < 4.78 is 10.0. The predicted molar refractivity (Wildman–Crippen MR) is 130 cm³/mol. The summed E-state index contributed by atoms with van der Waals surface area (Å²) in [6, 6.07) is 13.0. The Hall–Kier alpha value is -3.59. The topological polar surface area (TPSA) is 100 Å². The molecule has 1 aliphatic heterocycles. The van der Waals surface area contributed by atoms with Gasteiger partial charge in [0.05, 0.1) is 38.6 Å². The Morgan fingerprint density at radius 3 is 2.41 bits per heavy atom. The second-order valence-corrected chi connectivity index (χ2v) is 8.33. The van der Waals surface area contributed by atoms with Crippen molar-refractivity contribution >= 4 is 29.2 Å². The first-order chi connectivity index (χ1) is 16.3. The zero-order chi connectivity index (χ0) is 24.7. The Morgan fingerprint density at radius 1 is 1.03 bits per heavy atom. The van der Waals surface area contributed by atoms with Gasteiger partial charge in [0.15, 0.2) is 0 Å². The third kappa shape index (κ3) is 6.48. The summed E-state index contributed by atoms with van der Waals surface area (Å²) in [5.74, 6) is -0.307. The molecular formula is C25H32N4O5. The summed E-state index contributed by atoms with van der Waals surface area (Å²) in [6.07, 6.45) is 0. The number of ether oxygens (including phenoxy) is 2. The zero-order valence-corrected chi connectivity index (χ0v) is 20.1. The largest absolute Gasteiger partial charge is 0.495 e. The second kappa shape index (κ2) is 11.5. The highest BCUT2D eigenvalue weighted by molar-refractivity contribution is 5.96. The average Bonchev–Trinajstić information content (AvgIpc) is 2.84. The molecule has 1 aliphatic rings. The van der Waals surface area contributed by atoms with Gasteiger partial charge in [0.1, 0.15) is 5.75 Å². The van der Waals surface area contributed by atoms with Crippen LogP contribution in [0.15, 0.2) is 42.5 Å². The molecule has 9 heteroatoms. The lowest BCUT2D eigenvalue weighted by Crippen LogP contribution is -2.54. The minimum Gasteiger partial charge on any atom is -0.495 e. The maximum atomic E-state index is 12.5. The molecule has 0 aromatic heterocycles. The molecule has 0 saturated carbocycles. The van der Waals surface area contributed by atoms with Crippen molar-refractivity contribution in [2.24, 2.45) is 0 Å². The number of anilines is 2. The number of piperazine rings is 1. The molecule has 0 aliphatic carbocycles. The molecule has 1 fully saturated rings. The maximum Gasteiger partial charge on any atom is 0.337 e. The van der Waals surface area contributed by atoms with Crippen molar-refractivity contribution in [3.63, 3.8) is 0 Å². The van der Waals surface area contributed by atoms with Gasteiger partial charge in [0.2, 0.25) is 11.8 Å². The monoisotopic (exact) mass is 468 g/mol. The van der Waals surface area contributed by atoms with Crippen LogP contribution in [0.4, 0.5) is 11.4 Å². The van der Waals surface area contributed by atoms with Gasteiger partial charge in [-0.1, -0.05) is 6.07 Å². The van der Waals surface area contributed by atoms with Crippen LogP contribution in [0.3, 0.4) is 0 Å². The highest BCUT2D eigenvalue weighted by atomic mass is 16.5. The van der Waals surface area contributed by atoms with Crippen molar-refractivity contribution in [1.29, 1.82) is 0 Å². The van der Waals surface area contributed by atoms with Crippen LogP contribution >= 0.6 is 0 Å². The van der Waals surface area contributed by atoms with E-state index in [4.69, 9.17) is 9.47 Å². The van der Waals surface area contributed by atoms with Gasteiger partial charge in [-0.15, -0.1) is 0 Å². The molecule has 0 radical (unpaired) electrons. The number of rotatable bonds is 8. The smallest absolute Gasteiger partial charge is 0.337 e. The number of hydrogen-bond acceptors (Lipinski definition) is 7. The quantitative estimate of drug-likeness (QED) is 0.572. The van der Waals surface area contributed by atoms with Gasteiger partial charge in [-0.3, -0.25) is 14.5 Å². The van der Waals surface area contributed by atoms with Gasteiger partial charge in [0.25, 0.3) is 0 Å². The third-order valence-corrected chi connectivity index (χ3v) is 5.84. The molecule has 1 atom stereocenters. The number of nitrogens with zero attached hydrogens (tertiary/aromatic N) is 2. The molecule has 2 aromatic carbocycles. The van der Waals surface area contributed by atoms with E-state index in [1.807, 2.05) is 31.2 Å². The zero-order valence-electron chi connectivity index (χ0n) is 20.1. The number of methoxy groups -OCH3 is 2. The molecule has 34 heavy (non-hydrogen) atoms. The summed E-state index contributed by atoms with van der Waals surface area (Å²) in [4.78, 5) is 40.7. The van der Waals surface area contributed by atoms with Crippen LogP contribution in [-0.2, 0) is 14.3 Å². The summed E-state index contributed by atoms with van der Waals surface area (Å²) in [5.41, 5.74) is 3.10. The van der Waals surface area contributed by atoms with Gasteiger partial charge >= 0.3 is 5.97 Å². The summed E-state index contributed by atoms with van der Waals surface area (Å²) in [6.45, 7) is 6.31. The lowest BCUT2D eigenvalue weighted by molar-refractivity contribution is -0.125. The van der Waals surface area contributed by atoms with E-state index >= 15 is 0 Å². The molecule has 3 rings (SSSR count). The van der Waals surface area contributed by atoms with Crippen molar-refractivity contribution in [3.8, 4) is 5.75 Å². The molecule has 1 heterocycles. The maximum absolute atomic E-state index is 12.5. The van der Waals surface area contributed by atoms with Crippen LogP contribution in [0.2, 0.25) is 0 Å². The number of benzene rings is 2. The van der Waals surface area contributed by atoms with Crippen molar-refractivity contribution in [2.75, 3.05) is 57.2 Å². The fourth-order valence-electron chi connectivity index (χ4n) is 3.92. The van der Waals surface area contributed by atoms with E-state index in [9.17, 15) is 14.4 Å². The first kappa shape index (κ1) is 25.0. The minimum atomic E-state index is -0.359. The fourth-order valence-corrected chi connectivity index (χ4v) is 3.92. The molecule has 2 N–H and O–H groups in total. The van der Waals surface area contributed by atoms with E-state index in [2.05, 4.69) is 27.4 Å². The van der Waals surface area contributed by atoms with Crippen LogP contribution in [0.5, 0.6) is 5.75 Å². The molecule has 2 amide bonds. The van der Waals surface area contributed by atoms with Crippen molar-refractivity contribution in [1.82, 2.24) is 10.2 Å². The van der Waals surface area contributed by atoms with E-state index < -0.39 is 0 Å². The van der Waals surface area contributed by atoms with Gasteiger partial charge in [-0.05, 0) is 55.8 Å². The SMILES string of the molecule is COC(=O)c1ccc(N2CCN(CC(=O)NCC(=O)Nc3cc(C)ccc3OC)C(C)C2)cc1. The first-order valence-electron chi connectivity index (χ1n) is 11.2. The number of nitrogens with one attached hydrogen (secondary N) is 2. The van der Waals surface area contributed by atoms with Crippen molar-refractivity contribution < 1.29 is 23.9 Å². The minimum absolute atomic E-state index is 0.114. The predicted octanol–water partition coefficient (Wildman–Crippen LogP) is 2.06. The average molecular weight is 469 g/mol.